The van der Waals surface area contributed by atoms with Gasteiger partial charge in [-0.05, 0) is 36.5 Å². The van der Waals surface area contributed by atoms with Gasteiger partial charge in [0.2, 0.25) is 5.91 Å². The molecule has 0 aliphatic carbocycles. The van der Waals surface area contributed by atoms with Crippen molar-refractivity contribution in [2.75, 3.05) is 12.5 Å². The van der Waals surface area contributed by atoms with Crippen LogP contribution < -0.4 is 4.74 Å². The molecule has 0 saturated carbocycles. The molecule has 0 bridgehead atoms. The number of carbonyl (C=O) groups excluding carboxylic acids is 1. The van der Waals surface area contributed by atoms with E-state index < -0.39 is 0 Å². The number of fused-ring (bicyclic) bond motifs is 1. The number of benzene rings is 1. The summed E-state index contributed by atoms with van der Waals surface area (Å²) in [5, 5.41) is 4.15. The second-order valence-corrected chi connectivity index (χ2v) is 6.78. The van der Waals surface area contributed by atoms with E-state index in [-0.39, 0.29) is 11.8 Å². The molecular formula is C20H25ClN2O3. The van der Waals surface area contributed by atoms with Crippen LogP contribution in [0.4, 0.5) is 0 Å². The Hall–Kier alpha value is -2.01. The molecule has 140 valence electrons. The van der Waals surface area contributed by atoms with Crippen molar-refractivity contribution in [1.82, 2.24) is 10.1 Å². The number of halogens is 1. The first-order chi connectivity index (χ1) is 12.7. The molecule has 6 heteroatoms. The average molecular weight is 377 g/mol. The highest BCUT2D eigenvalue weighted by atomic mass is 35.5. The first-order valence-corrected chi connectivity index (χ1v) is 9.74. The highest BCUT2D eigenvalue weighted by Gasteiger charge is 2.21. The van der Waals surface area contributed by atoms with Gasteiger partial charge in [0.05, 0.1) is 18.8 Å². The number of hydrogen-bond donors (Lipinski definition) is 0. The van der Waals surface area contributed by atoms with Gasteiger partial charge in [-0.15, -0.1) is 11.6 Å². The summed E-state index contributed by atoms with van der Waals surface area (Å²) in [6, 6.07) is 6.16. The van der Waals surface area contributed by atoms with E-state index >= 15 is 0 Å². The fraction of sp³-hybridized carbons (Fsp3) is 0.500. The average Bonchev–Trinajstić information content (AvgIpc) is 3.08. The quantitative estimate of drug-likeness (QED) is 0.688. The van der Waals surface area contributed by atoms with Crippen LogP contribution in [-0.4, -0.2) is 28.5 Å². The SMILES string of the molecule is CCc1noc(CC)c1CN(Cc1ccc2c(c1)CCCO2)C(=O)CCl. The largest absolute Gasteiger partial charge is 0.493 e. The van der Waals surface area contributed by atoms with Crippen molar-refractivity contribution in [3.63, 3.8) is 0 Å². The number of carbonyl (C=O) groups is 1. The standard InChI is InChI=1S/C20H25ClN2O3/c1-3-17-16(18(4-2)26-22-17)13-23(20(24)11-21)12-14-7-8-19-15(10-14)6-5-9-25-19/h7-8,10H,3-6,9,11-13H2,1-2H3. The van der Waals surface area contributed by atoms with Crippen LogP contribution in [0, 0.1) is 0 Å². The van der Waals surface area contributed by atoms with Gasteiger partial charge in [-0.2, -0.15) is 0 Å². The van der Waals surface area contributed by atoms with Gasteiger partial charge in [-0.25, -0.2) is 0 Å². The maximum atomic E-state index is 12.4. The smallest absolute Gasteiger partial charge is 0.238 e. The molecule has 0 radical (unpaired) electrons. The third-order valence-corrected chi connectivity index (χ3v) is 5.00. The summed E-state index contributed by atoms with van der Waals surface area (Å²) in [5.41, 5.74) is 4.21. The van der Waals surface area contributed by atoms with Crippen LogP contribution in [0.1, 0.15) is 48.4 Å². The number of aromatic nitrogens is 1. The number of hydrogen-bond acceptors (Lipinski definition) is 4. The third-order valence-electron chi connectivity index (χ3n) is 4.77. The van der Waals surface area contributed by atoms with Crippen molar-refractivity contribution < 1.29 is 14.1 Å². The molecule has 1 amide bonds. The van der Waals surface area contributed by atoms with Gasteiger partial charge in [0.25, 0.3) is 0 Å². The van der Waals surface area contributed by atoms with E-state index in [2.05, 4.69) is 11.2 Å². The zero-order chi connectivity index (χ0) is 18.5. The summed E-state index contributed by atoms with van der Waals surface area (Å²) < 4.78 is 11.1. The Morgan fingerprint density at radius 1 is 1.27 bits per heavy atom. The normalized spacial score (nSPS) is 13.2. The minimum Gasteiger partial charge on any atom is -0.493 e. The van der Waals surface area contributed by atoms with Crippen LogP contribution in [0.5, 0.6) is 5.75 Å². The maximum Gasteiger partial charge on any atom is 0.238 e. The summed E-state index contributed by atoms with van der Waals surface area (Å²) in [6.45, 7) is 5.82. The van der Waals surface area contributed by atoms with E-state index in [1.54, 1.807) is 4.90 Å². The molecule has 3 rings (SSSR count). The van der Waals surface area contributed by atoms with E-state index in [0.717, 1.165) is 60.6 Å². The number of nitrogens with zero attached hydrogens (tertiary/aromatic N) is 2. The Morgan fingerprint density at radius 3 is 2.85 bits per heavy atom. The van der Waals surface area contributed by atoms with Gasteiger partial charge in [0, 0.05) is 18.5 Å². The molecule has 1 aliphatic heterocycles. The molecule has 26 heavy (non-hydrogen) atoms. The molecule has 2 heterocycles. The molecule has 0 unspecified atom stereocenters. The van der Waals surface area contributed by atoms with Crippen molar-refractivity contribution in [2.45, 2.75) is 52.6 Å². The summed E-state index contributed by atoms with van der Waals surface area (Å²) in [5.74, 6) is 1.66. The van der Waals surface area contributed by atoms with Gasteiger partial charge in [0.1, 0.15) is 17.4 Å². The fourth-order valence-electron chi connectivity index (χ4n) is 3.36. The summed E-state index contributed by atoms with van der Waals surface area (Å²) in [7, 11) is 0. The molecule has 2 aromatic rings. The molecule has 0 N–H and O–H groups in total. The highest BCUT2D eigenvalue weighted by molar-refractivity contribution is 6.27. The lowest BCUT2D eigenvalue weighted by molar-refractivity contribution is -0.129. The molecule has 0 atom stereocenters. The predicted molar refractivity (Wildman–Crippen MR) is 100 cm³/mol. The van der Waals surface area contributed by atoms with Crippen LogP contribution in [0.3, 0.4) is 0 Å². The predicted octanol–water partition coefficient (Wildman–Crippen LogP) is 3.89. The number of aryl methyl sites for hydroxylation is 3. The summed E-state index contributed by atoms with van der Waals surface area (Å²) in [6.07, 6.45) is 3.57. The van der Waals surface area contributed by atoms with Crippen LogP contribution in [-0.2, 0) is 37.1 Å². The Kier molecular flexibility index (Phi) is 6.20. The summed E-state index contributed by atoms with van der Waals surface area (Å²) >= 11 is 5.87. The zero-order valence-corrected chi connectivity index (χ0v) is 16.1. The molecule has 0 saturated heterocycles. The fourth-order valence-corrected chi connectivity index (χ4v) is 3.53. The molecule has 0 fully saturated rings. The molecular weight excluding hydrogens is 352 g/mol. The monoisotopic (exact) mass is 376 g/mol. The molecule has 5 nitrogen and oxygen atoms in total. The number of ether oxygens (including phenoxy) is 1. The van der Waals surface area contributed by atoms with Crippen LogP contribution in [0.25, 0.3) is 0 Å². The molecule has 0 spiro atoms. The lowest BCUT2D eigenvalue weighted by Crippen LogP contribution is -2.31. The molecule has 1 aromatic carbocycles. The minimum absolute atomic E-state index is 0.0394. The first-order valence-electron chi connectivity index (χ1n) is 9.20. The third kappa shape index (κ3) is 4.04. The van der Waals surface area contributed by atoms with E-state index in [0.29, 0.717) is 13.1 Å². The van der Waals surface area contributed by atoms with Crippen LogP contribution in [0.2, 0.25) is 0 Å². The lowest BCUT2D eigenvalue weighted by atomic mass is 10.0. The van der Waals surface area contributed by atoms with E-state index in [4.69, 9.17) is 20.9 Å². The van der Waals surface area contributed by atoms with Gasteiger partial charge in [0.15, 0.2) is 0 Å². The maximum absolute atomic E-state index is 12.4. The Balaban J connectivity index is 1.83. The van der Waals surface area contributed by atoms with E-state index in [1.807, 2.05) is 26.0 Å². The topological polar surface area (TPSA) is 55.6 Å². The first kappa shape index (κ1) is 18.8. The van der Waals surface area contributed by atoms with Crippen molar-refractivity contribution in [1.29, 1.82) is 0 Å². The van der Waals surface area contributed by atoms with Gasteiger partial charge < -0.3 is 14.2 Å². The Labute approximate surface area is 159 Å². The van der Waals surface area contributed by atoms with Crippen molar-refractivity contribution in [2.24, 2.45) is 0 Å². The Bertz CT molecular complexity index is 751. The zero-order valence-electron chi connectivity index (χ0n) is 15.4. The second-order valence-electron chi connectivity index (χ2n) is 6.52. The number of alkyl halides is 1. The van der Waals surface area contributed by atoms with Crippen LogP contribution in [0.15, 0.2) is 22.7 Å². The van der Waals surface area contributed by atoms with Crippen molar-refractivity contribution in [3.8, 4) is 5.75 Å². The Morgan fingerprint density at radius 2 is 2.12 bits per heavy atom. The molecule has 1 aliphatic rings. The van der Waals surface area contributed by atoms with Gasteiger partial charge in [-0.3, -0.25) is 4.79 Å². The second kappa shape index (κ2) is 8.58. The van der Waals surface area contributed by atoms with E-state index in [9.17, 15) is 4.79 Å². The van der Waals surface area contributed by atoms with Crippen LogP contribution >= 0.6 is 11.6 Å². The minimum atomic E-state index is -0.0917. The lowest BCUT2D eigenvalue weighted by Gasteiger charge is -2.24. The van der Waals surface area contributed by atoms with Gasteiger partial charge in [-0.1, -0.05) is 31.1 Å². The number of amides is 1. The van der Waals surface area contributed by atoms with Gasteiger partial charge >= 0.3 is 0 Å². The highest BCUT2D eigenvalue weighted by Crippen LogP contribution is 2.27. The van der Waals surface area contributed by atoms with E-state index in [1.165, 1.54) is 5.56 Å². The number of rotatable bonds is 7. The molecule has 1 aromatic heterocycles. The summed E-state index contributed by atoms with van der Waals surface area (Å²) in [4.78, 5) is 14.2. The van der Waals surface area contributed by atoms with Crippen molar-refractivity contribution >= 4 is 17.5 Å². The van der Waals surface area contributed by atoms with Crippen molar-refractivity contribution in [3.05, 3.63) is 46.3 Å².